The Kier molecular flexibility index (Phi) is 3.28. The van der Waals surface area contributed by atoms with Crippen LogP contribution in [0.25, 0.3) is 0 Å². The lowest BCUT2D eigenvalue weighted by Crippen LogP contribution is -2.55. The van der Waals surface area contributed by atoms with Crippen LogP contribution in [0.3, 0.4) is 0 Å². The van der Waals surface area contributed by atoms with Gasteiger partial charge in [0.25, 0.3) is 0 Å². The molecule has 2 N–H and O–H groups in total. The average Bonchev–Trinajstić information content (AvgIpc) is 1.62. The van der Waals surface area contributed by atoms with Gasteiger partial charge in [0.1, 0.15) is 5.78 Å². The zero-order chi connectivity index (χ0) is 6.91. The molecule has 0 atom stereocenters. The minimum Gasteiger partial charge on any atom is -0.383 e. The molecule has 1 rings (SSSR count). The summed E-state index contributed by atoms with van der Waals surface area (Å²) in [7, 11) is 1.59. The molecule has 0 aliphatic heterocycles. The highest BCUT2D eigenvalue weighted by molar-refractivity contribution is 5.87. The number of methoxy groups -OCH3 is 1. The number of carbonyl (C=O) groups excluding carboxylic acids is 1. The largest absolute Gasteiger partial charge is 0.383 e. The van der Waals surface area contributed by atoms with E-state index in [9.17, 15) is 4.79 Å². The molecule has 1 aliphatic carbocycles. The van der Waals surface area contributed by atoms with Crippen LogP contribution in [0.2, 0.25) is 0 Å². The molecule has 10 heavy (non-hydrogen) atoms. The van der Waals surface area contributed by atoms with E-state index in [-0.39, 0.29) is 23.7 Å². The van der Waals surface area contributed by atoms with Crippen molar-refractivity contribution < 1.29 is 9.53 Å². The summed E-state index contributed by atoms with van der Waals surface area (Å²) in [6, 6.07) is 0. The van der Waals surface area contributed by atoms with Gasteiger partial charge in [-0.3, -0.25) is 4.79 Å². The number of ketones is 1. The molecule has 0 aromatic rings. The molecular weight excluding hydrogens is 154 g/mol. The Morgan fingerprint density at radius 2 is 2.20 bits per heavy atom. The summed E-state index contributed by atoms with van der Waals surface area (Å²) in [6.45, 7) is 0.499. The van der Waals surface area contributed by atoms with Crippen molar-refractivity contribution in [1.29, 1.82) is 0 Å². The second-order valence-electron chi connectivity index (χ2n) is 2.69. The summed E-state index contributed by atoms with van der Waals surface area (Å²) in [6.07, 6.45) is 0.974. The van der Waals surface area contributed by atoms with Crippen LogP contribution in [0.4, 0.5) is 0 Å². The van der Waals surface area contributed by atoms with Crippen molar-refractivity contribution in [1.82, 2.24) is 0 Å². The summed E-state index contributed by atoms with van der Waals surface area (Å²) >= 11 is 0. The van der Waals surface area contributed by atoms with Crippen LogP contribution < -0.4 is 5.73 Å². The monoisotopic (exact) mass is 165 g/mol. The van der Waals surface area contributed by atoms with E-state index in [2.05, 4.69) is 0 Å². The molecule has 1 saturated carbocycles. The molecule has 0 unspecified atom stereocenters. The topological polar surface area (TPSA) is 52.3 Å². The lowest BCUT2D eigenvalue weighted by atomic mass is 9.77. The van der Waals surface area contributed by atoms with Crippen LogP contribution in [0, 0.1) is 0 Å². The lowest BCUT2D eigenvalue weighted by molar-refractivity contribution is -0.129. The average molecular weight is 166 g/mol. The Labute approximate surface area is 66.3 Å². The number of rotatable bonds is 2. The summed E-state index contributed by atoms with van der Waals surface area (Å²) in [5, 5.41) is 0. The van der Waals surface area contributed by atoms with E-state index < -0.39 is 0 Å². The van der Waals surface area contributed by atoms with Crippen LogP contribution in [-0.4, -0.2) is 25.0 Å². The van der Waals surface area contributed by atoms with E-state index in [0.717, 1.165) is 0 Å². The van der Waals surface area contributed by atoms with Crippen LogP contribution in [-0.2, 0) is 9.53 Å². The second-order valence-corrected chi connectivity index (χ2v) is 2.69. The highest BCUT2D eigenvalue weighted by Gasteiger charge is 2.39. The third-order valence-corrected chi connectivity index (χ3v) is 1.53. The van der Waals surface area contributed by atoms with Crippen molar-refractivity contribution in [2.24, 2.45) is 5.73 Å². The number of halogens is 1. The molecule has 60 valence electrons. The molecule has 0 spiro atoms. The molecule has 0 amide bonds. The van der Waals surface area contributed by atoms with Gasteiger partial charge >= 0.3 is 0 Å². The molecular formula is C6H12ClNO2. The quantitative estimate of drug-likeness (QED) is 0.632. The Morgan fingerprint density at radius 3 is 2.50 bits per heavy atom. The zero-order valence-electron chi connectivity index (χ0n) is 5.92. The molecule has 0 heterocycles. The Hall–Kier alpha value is -0.120. The first-order chi connectivity index (χ1) is 4.16. The molecule has 4 heteroatoms. The summed E-state index contributed by atoms with van der Waals surface area (Å²) < 4.78 is 4.82. The maximum Gasteiger partial charge on any atom is 0.136 e. The van der Waals surface area contributed by atoms with E-state index in [0.29, 0.717) is 19.4 Å². The molecule has 0 aromatic carbocycles. The van der Waals surface area contributed by atoms with Crippen LogP contribution in [0.1, 0.15) is 12.8 Å². The number of nitrogens with two attached hydrogens (primary N) is 1. The maximum absolute atomic E-state index is 10.5. The van der Waals surface area contributed by atoms with Gasteiger partial charge in [0, 0.05) is 20.0 Å². The fraction of sp³-hybridized carbons (Fsp3) is 0.833. The first kappa shape index (κ1) is 9.88. The van der Waals surface area contributed by atoms with E-state index >= 15 is 0 Å². The molecule has 0 bridgehead atoms. The van der Waals surface area contributed by atoms with Crippen molar-refractivity contribution in [2.75, 3.05) is 13.7 Å². The summed E-state index contributed by atoms with van der Waals surface area (Å²) in [5.41, 5.74) is 5.33. The predicted molar refractivity (Wildman–Crippen MR) is 40.3 cm³/mol. The minimum absolute atomic E-state index is 0. The molecule has 1 aliphatic rings. The van der Waals surface area contributed by atoms with Gasteiger partial charge in [0.05, 0.1) is 12.1 Å². The predicted octanol–water partition coefficient (Wildman–Crippen LogP) is 0.115. The van der Waals surface area contributed by atoms with E-state index in [1.54, 1.807) is 7.11 Å². The number of Topliss-reactive ketones (excluding diaryl/α,β-unsaturated/α-hetero) is 1. The van der Waals surface area contributed by atoms with Crippen molar-refractivity contribution >= 4 is 18.2 Å². The van der Waals surface area contributed by atoms with Crippen molar-refractivity contribution in [3.8, 4) is 0 Å². The fourth-order valence-corrected chi connectivity index (χ4v) is 1.12. The minimum atomic E-state index is -0.328. The zero-order valence-corrected chi connectivity index (χ0v) is 6.74. The first-order valence-electron chi connectivity index (χ1n) is 2.96. The fourth-order valence-electron chi connectivity index (χ4n) is 1.12. The number of ether oxygens (including phenoxy) is 1. The summed E-state index contributed by atoms with van der Waals surface area (Å²) in [4.78, 5) is 10.5. The molecule has 3 nitrogen and oxygen atoms in total. The van der Waals surface area contributed by atoms with Crippen LogP contribution >= 0.6 is 12.4 Å². The highest BCUT2D eigenvalue weighted by Crippen LogP contribution is 2.25. The highest BCUT2D eigenvalue weighted by atomic mass is 35.5. The lowest BCUT2D eigenvalue weighted by Gasteiger charge is -2.35. The van der Waals surface area contributed by atoms with Gasteiger partial charge in [-0.15, -0.1) is 12.4 Å². The number of carbonyl (C=O) groups is 1. The molecule has 1 fully saturated rings. The van der Waals surface area contributed by atoms with Crippen molar-refractivity contribution in [2.45, 2.75) is 18.4 Å². The van der Waals surface area contributed by atoms with E-state index in [4.69, 9.17) is 10.5 Å². The van der Waals surface area contributed by atoms with E-state index in [1.165, 1.54) is 0 Å². The maximum atomic E-state index is 10.5. The SMILES string of the molecule is COCC1(N)CC(=O)C1.Cl. The van der Waals surface area contributed by atoms with Crippen LogP contribution in [0.15, 0.2) is 0 Å². The molecule has 0 saturated heterocycles. The third-order valence-electron chi connectivity index (χ3n) is 1.53. The van der Waals surface area contributed by atoms with E-state index in [1.807, 2.05) is 0 Å². The van der Waals surface area contributed by atoms with Gasteiger partial charge in [-0.25, -0.2) is 0 Å². The van der Waals surface area contributed by atoms with Gasteiger partial charge in [0.15, 0.2) is 0 Å². The Morgan fingerprint density at radius 1 is 1.70 bits per heavy atom. The number of hydrogen-bond donors (Lipinski definition) is 1. The molecule has 0 aromatic heterocycles. The normalized spacial score (nSPS) is 21.2. The first-order valence-corrected chi connectivity index (χ1v) is 2.96. The Balaban J connectivity index is 0.000000810. The summed E-state index contributed by atoms with van der Waals surface area (Å²) in [5.74, 6) is 0.245. The van der Waals surface area contributed by atoms with Crippen molar-refractivity contribution in [3.05, 3.63) is 0 Å². The van der Waals surface area contributed by atoms with Gasteiger partial charge < -0.3 is 10.5 Å². The Bertz CT molecular complexity index is 130. The van der Waals surface area contributed by atoms with Gasteiger partial charge in [-0.2, -0.15) is 0 Å². The van der Waals surface area contributed by atoms with Gasteiger partial charge in [-0.05, 0) is 0 Å². The van der Waals surface area contributed by atoms with Gasteiger partial charge in [-0.1, -0.05) is 0 Å². The third kappa shape index (κ3) is 1.94. The smallest absolute Gasteiger partial charge is 0.136 e. The van der Waals surface area contributed by atoms with Crippen LogP contribution in [0.5, 0.6) is 0 Å². The van der Waals surface area contributed by atoms with Gasteiger partial charge in [0.2, 0.25) is 0 Å². The second kappa shape index (κ2) is 3.32. The molecule has 0 radical (unpaired) electrons. The van der Waals surface area contributed by atoms with Crippen molar-refractivity contribution in [3.63, 3.8) is 0 Å². The standard InChI is InChI=1S/C6H11NO2.ClH/c1-9-4-6(7)2-5(8)3-6;/h2-4,7H2,1H3;1H. The number of hydrogen-bond acceptors (Lipinski definition) is 3.